The van der Waals surface area contributed by atoms with Gasteiger partial charge in [0.25, 0.3) is 5.91 Å². The number of nitrogens with zero attached hydrogens (tertiary/aromatic N) is 3. The van der Waals surface area contributed by atoms with E-state index in [1.165, 1.54) is 12.1 Å². The molecule has 1 N–H and O–H groups in total. The second kappa shape index (κ2) is 9.05. The van der Waals surface area contributed by atoms with E-state index in [4.69, 9.17) is 9.47 Å². The zero-order valence-electron chi connectivity index (χ0n) is 18.1. The van der Waals surface area contributed by atoms with Crippen molar-refractivity contribution in [3.8, 4) is 17.3 Å². The molecule has 0 radical (unpaired) electrons. The van der Waals surface area contributed by atoms with Gasteiger partial charge in [-0.2, -0.15) is 10.1 Å². The Balaban J connectivity index is 1.48. The van der Waals surface area contributed by atoms with Gasteiger partial charge < -0.3 is 14.8 Å². The van der Waals surface area contributed by atoms with Gasteiger partial charge in [0.1, 0.15) is 11.6 Å². The number of carbonyl (C=O) groups is 1. The summed E-state index contributed by atoms with van der Waals surface area (Å²) in [5.74, 6) is 0.428. The minimum Gasteiger partial charge on any atom is -0.497 e. The van der Waals surface area contributed by atoms with Gasteiger partial charge in [0.15, 0.2) is 12.3 Å². The summed E-state index contributed by atoms with van der Waals surface area (Å²) < 4.78 is 26.1. The van der Waals surface area contributed by atoms with Gasteiger partial charge in [-0.05, 0) is 55.3 Å². The van der Waals surface area contributed by atoms with Crippen LogP contribution < -0.4 is 14.8 Å². The number of ether oxygens (including phenoxy) is 2. The largest absolute Gasteiger partial charge is 0.497 e. The van der Waals surface area contributed by atoms with Crippen LogP contribution >= 0.6 is 0 Å². The number of hydrogen-bond acceptors (Lipinski definition) is 5. The molecule has 4 aromatic rings. The van der Waals surface area contributed by atoms with Crippen molar-refractivity contribution in [1.82, 2.24) is 20.1 Å². The molecule has 0 saturated heterocycles. The summed E-state index contributed by atoms with van der Waals surface area (Å²) in [6, 6.07) is 15.4. The lowest BCUT2D eigenvalue weighted by Gasteiger charge is -2.09. The quantitative estimate of drug-likeness (QED) is 0.478. The van der Waals surface area contributed by atoms with E-state index in [9.17, 15) is 9.18 Å². The number of methoxy groups -OCH3 is 1. The molecular formula is C24H23FN4O3. The van der Waals surface area contributed by atoms with Crippen LogP contribution in [-0.4, -0.2) is 34.4 Å². The average molecular weight is 434 g/mol. The molecule has 4 rings (SSSR count). The van der Waals surface area contributed by atoms with Crippen LogP contribution in [0.4, 0.5) is 4.39 Å². The maximum Gasteiger partial charge on any atom is 0.258 e. The highest BCUT2D eigenvalue weighted by molar-refractivity contribution is 5.84. The number of fused-ring (bicyclic) bond motifs is 1. The molecule has 0 fully saturated rings. The topological polar surface area (TPSA) is 78.3 Å². The van der Waals surface area contributed by atoms with Gasteiger partial charge in [-0.1, -0.05) is 18.2 Å². The maximum absolute atomic E-state index is 13.7. The molecule has 0 unspecified atom stereocenters. The molecule has 32 heavy (non-hydrogen) atoms. The first-order chi connectivity index (χ1) is 15.4. The standard InChI is InChI=1S/C24H23FN4O3/c1-15-11-22(32-14-21(30)26-13-17-7-9-20(31-3)10-8-17)27-24-23(15)16(2)28-29(24)19-6-4-5-18(25)12-19/h4-12H,13-14H2,1-3H3,(H,26,30). The molecule has 164 valence electrons. The van der Waals surface area contributed by atoms with Gasteiger partial charge in [0.05, 0.1) is 18.5 Å². The predicted octanol–water partition coefficient (Wildman–Crippen LogP) is 3.88. The second-order valence-corrected chi connectivity index (χ2v) is 7.37. The predicted molar refractivity (Wildman–Crippen MR) is 119 cm³/mol. The monoisotopic (exact) mass is 434 g/mol. The maximum atomic E-state index is 13.7. The normalized spacial score (nSPS) is 10.9. The van der Waals surface area contributed by atoms with E-state index in [-0.39, 0.29) is 18.3 Å². The SMILES string of the molecule is COc1ccc(CNC(=O)COc2cc(C)c3c(C)nn(-c4cccc(F)c4)c3n2)cc1. The highest BCUT2D eigenvalue weighted by Crippen LogP contribution is 2.26. The number of pyridine rings is 1. The Kier molecular flexibility index (Phi) is 6.02. The zero-order valence-corrected chi connectivity index (χ0v) is 18.1. The fourth-order valence-electron chi connectivity index (χ4n) is 3.47. The number of aromatic nitrogens is 3. The van der Waals surface area contributed by atoms with Crippen LogP contribution in [0.2, 0.25) is 0 Å². The number of nitrogens with one attached hydrogen (secondary N) is 1. The Labute approximate surface area is 184 Å². The van der Waals surface area contributed by atoms with Crippen molar-refractivity contribution in [3.63, 3.8) is 0 Å². The number of halogens is 1. The van der Waals surface area contributed by atoms with Crippen LogP contribution in [0.5, 0.6) is 11.6 Å². The van der Waals surface area contributed by atoms with Gasteiger partial charge in [-0.3, -0.25) is 4.79 Å². The van der Waals surface area contributed by atoms with Gasteiger partial charge in [-0.15, -0.1) is 0 Å². The van der Waals surface area contributed by atoms with Crippen LogP contribution in [0.1, 0.15) is 16.8 Å². The molecule has 8 heteroatoms. The van der Waals surface area contributed by atoms with Crippen LogP contribution in [-0.2, 0) is 11.3 Å². The van der Waals surface area contributed by atoms with E-state index in [0.717, 1.165) is 28.0 Å². The molecule has 2 aromatic carbocycles. The van der Waals surface area contributed by atoms with Crippen LogP contribution in [0.25, 0.3) is 16.7 Å². The lowest BCUT2D eigenvalue weighted by Crippen LogP contribution is -2.28. The third-order valence-corrected chi connectivity index (χ3v) is 5.04. The Bertz CT molecular complexity index is 1270. The smallest absolute Gasteiger partial charge is 0.258 e. The minimum atomic E-state index is -0.360. The van der Waals surface area contributed by atoms with Gasteiger partial charge in [-0.25, -0.2) is 9.07 Å². The number of hydrogen-bond donors (Lipinski definition) is 1. The van der Waals surface area contributed by atoms with Gasteiger partial charge in [0, 0.05) is 18.0 Å². The van der Waals surface area contributed by atoms with Crippen molar-refractivity contribution in [2.24, 2.45) is 0 Å². The van der Waals surface area contributed by atoms with E-state index < -0.39 is 0 Å². The van der Waals surface area contributed by atoms with Crippen LogP contribution in [0, 0.1) is 19.7 Å². The Morgan fingerprint density at radius 3 is 2.62 bits per heavy atom. The molecular weight excluding hydrogens is 411 g/mol. The first-order valence-corrected chi connectivity index (χ1v) is 10.1. The first-order valence-electron chi connectivity index (χ1n) is 10.1. The number of aryl methyl sites for hydroxylation is 2. The first kappa shape index (κ1) is 21.3. The molecule has 0 bridgehead atoms. The van der Waals surface area contributed by atoms with E-state index in [1.807, 2.05) is 38.1 Å². The lowest BCUT2D eigenvalue weighted by atomic mass is 10.2. The van der Waals surface area contributed by atoms with E-state index >= 15 is 0 Å². The molecule has 1 amide bonds. The second-order valence-electron chi connectivity index (χ2n) is 7.37. The van der Waals surface area contributed by atoms with Crippen molar-refractivity contribution in [1.29, 1.82) is 0 Å². The zero-order chi connectivity index (χ0) is 22.7. The number of benzene rings is 2. The third-order valence-electron chi connectivity index (χ3n) is 5.04. The Hall–Kier alpha value is -3.94. The lowest BCUT2D eigenvalue weighted by molar-refractivity contribution is -0.123. The number of carbonyl (C=O) groups excluding carboxylic acids is 1. The minimum absolute atomic E-state index is 0.179. The molecule has 2 aromatic heterocycles. The molecule has 0 atom stereocenters. The van der Waals surface area contributed by atoms with Crippen molar-refractivity contribution >= 4 is 16.9 Å². The van der Waals surface area contributed by atoms with Gasteiger partial charge in [0.2, 0.25) is 5.88 Å². The fourth-order valence-corrected chi connectivity index (χ4v) is 3.47. The molecule has 0 spiro atoms. The Morgan fingerprint density at radius 2 is 1.91 bits per heavy atom. The highest BCUT2D eigenvalue weighted by Gasteiger charge is 2.16. The van der Waals surface area contributed by atoms with Crippen LogP contribution in [0.15, 0.2) is 54.6 Å². The van der Waals surface area contributed by atoms with E-state index in [0.29, 0.717) is 23.8 Å². The number of amides is 1. The summed E-state index contributed by atoms with van der Waals surface area (Å²) in [5.41, 5.74) is 3.73. The number of rotatable bonds is 7. The molecule has 0 aliphatic carbocycles. The third kappa shape index (κ3) is 4.54. The molecule has 2 heterocycles. The summed E-state index contributed by atoms with van der Waals surface area (Å²) in [5, 5.41) is 8.20. The van der Waals surface area contributed by atoms with E-state index in [1.54, 1.807) is 30.0 Å². The molecule has 0 saturated carbocycles. The van der Waals surface area contributed by atoms with Crippen molar-refractivity contribution in [3.05, 3.63) is 77.2 Å². The molecule has 0 aliphatic heterocycles. The van der Waals surface area contributed by atoms with Crippen LogP contribution in [0.3, 0.4) is 0 Å². The van der Waals surface area contributed by atoms with Crippen molar-refractivity contribution in [2.45, 2.75) is 20.4 Å². The molecule has 7 nitrogen and oxygen atoms in total. The Morgan fingerprint density at radius 1 is 1.12 bits per heavy atom. The summed E-state index contributed by atoms with van der Waals surface area (Å²) in [6.07, 6.45) is 0. The van der Waals surface area contributed by atoms with E-state index in [2.05, 4.69) is 15.4 Å². The summed E-state index contributed by atoms with van der Waals surface area (Å²) in [7, 11) is 1.60. The highest BCUT2D eigenvalue weighted by atomic mass is 19.1. The summed E-state index contributed by atoms with van der Waals surface area (Å²) in [6.45, 7) is 4.00. The fraction of sp³-hybridized carbons (Fsp3) is 0.208. The van der Waals surface area contributed by atoms with Crippen molar-refractivity contribution < 1.29 is 18.7 Å². The van der Waals surface area contributed by atoms with Gasteiger partial charge >= 0.3 is 0 Å². The summed E-state index contributed by atoms with van der Waals surface area (Å²) >= 11 is 0. The van der Waals surface area contributed by atoms with Crippen molar-refractivity contribution in [2.75, 3.05) is 13.7 Å². The average Bonchev–Trinajstić information content (AvgIpc) is 3.13. The molecule has 0 aliphatic rings. The summed E-state index contributed by atoms with van der Waals surface area (Å²) in [4.78, 5) is 16.8.